The van der Waals surface area contributed by atoms with Crippen LogP contribution >= 0.6 is 0 Å². The minimum Gasteiger partial charge on any atom is -0.388 e. The van der Waals surface area contributed by atoms with E-state index in [1.54, 1.807) is 20.9 Å². The minimum atomic E-state index is -4.71. The van der Waals surface area contributed by atoms with Crippen LogP contribution in [0.2, 0.25) is 0 Å². The maximum Gasteiger partial charge on any atom is 0.421 e. The summed E-state index contributed by atoms with van der Waals surface area (Å²) in [6.45, 7) is 7.65. The molecule has 6 aliphatic heterocycles. The summed E-state index contributed by atoms with van der Waals surface area (Å²) in [4.78, 5) is 54.7. The van der Waals surface area contributed by atoms with Gasteiger partial charge in [0.15, 0.2) is 0 Å². The number of carbonyl (C=O) groups excluding carboxylic acids is 2. The van der Waals surface area contributed by atoms with Crippen LogP contribution in [0.25, 0.3) is 11.0 Å². The van der Waals surface area contributed by atoms with Gasteiger partial charge in [0.1, 0.15) is 23.2 Å². The van der Waals surface area contributed by atoms with E-state index in [9.17, 15) is 41.1 Å². The average molecular weight is 980 g/mol. The van der Waals surface area contributed by atoms with Crippen molar-refractivity contribution in [3.05, 3.63) is 64.0 Å². The van der Waals surface area contributed by atoms with Crippen molar-refractivity contribution in [2.24, 2.45) is 23.3 Å². The number of hydrogen-bond acceptors (Lipinski definition) is 13. The normalized spacial score (nSPS) is 27.4. The molecule has 1 aliphatic carbocycles. The Hall–Kier alpha value is -5.45. The highest BCUT2D eigenvalue weighted by atomic mass is 32.2. The zero-order chi connectivity index (χ0) is 48.7. The molecule has 4 atom stereocenters. The smallest absolute Gasteiger partial charge is 0.388 e. The molecule has 6 saturated heterocycles. The molecule has 8 heterocycles. The number of benzene rings is 2. The van der Waals surface area contributed by atoms with Crippen molar-refractivity contribution < 1.29 is 40.7 Å². The van der Waals surface area contributed by atoms with Gasteiger partial charge >= 0.3 is 11.9 Å². The topological polar surface area (TPSA) is 191 Å². The van der Waals surface area contributed by atoms with Crippen molar-refractivity contribution in [1.29, 1.82) is 0 Å². The van der Waals surface area contributed by atoms with E-state index >= 15 is 4.39 Å². The SMILES string of the molecule is Cc1cc(S(=O)(=O)/N=C/C2CC(N3C4CC3CN(CC3CCN(c5c(F)ccc6c5n(C)c(=O)n6C5CCC(=O)NC5=O)CC3)C4)C2)ccc1Nc1ncc(C(F)(F)F)c(N2CCC[C@](C)(O)C2)n1. The number of amides is 2. The number of imide groups is 1. The number of aromatic nitrogens is 4. The van der Waals surface area contributed by atoms with Crippen LogP contribution < -0.4 is 26.1 Å². The Morgan fingerprint density at radius 3 is 2.42 bits per heavy atom. The van der Waals surface area contributed by atoms with Crippen LogP contribution in [-0.2, 0) is 32.8 Å². The standard InChI is InChI=1S/C47H57F4N11O6S/c1-27-17-33(5-7-36(27)54-44-52-22-34(47(49,50)51)42(56-44)60-14-4-13-46(2,66)26-60)69(67,68)53-21-29-18-30(19-29)61-31-20-32(61)25-58(24-31)23-28-11-15-59(16-12-28)40-35(48)6-8-37-41(40)57(3)45(65)62(37)38-9-10-39(63)55-43(38)64/h5-8,17,21-22,28-32,38,66H,4,9-16,18-20,23-26H2,1-3H3,(H,52,54,56)(H,55,63,64)/b53-21+/t29?,30?,31?,32?,38?,46-/m0/s1. The zero-order valence-electron chi connectivity index (χ0n) is 38.8. The lowest BCUT2D eigenvalue weighted by atomic mass is 9.74. The van der Waals surface area contributed by atoms with Gasteiger partial charge < -0.3 is 20.2 Å². The molecule has 69 heavy (non-hydrogen) atoms. The van der Waals surface area contributed by atoms with Crippen LogP contribution in [0.5, 0.6) is 0 Å². The zero-order valence-corrected chi connectivity index (χ0v) is 39.6. The summed E-state index contributed by atoms with van der Waals surface area (Å²) in [5.74, 6) is -1.30. The van der Waals surface area contributed by atoms with Gasteiger partial charge in [-0.2, -0.15) is 31.0 Å². The number of β-amino-alcohol motifs (C(OH)–C–C–N with tert-alkyl or cyclic N) is 1. The number of nitrogens with one attached hydrogen (secondary N) is 2. The molecule has 17 nitrogen and oxygen atoms in total. The number of alkyl halides is 3. The molecule has 22 heteroatoms. The summed E-state index contributed by atoms with van der Waals surface area (Å²) in [6.07, 6.45) is 3.33. The molecule has 2 amide bonds. The number of anilines is 4. The Morgan fingerprint density at radius 1 is 1.00 bits per heavy atom. The van der Waals surface area contributed by atoms with Crippen molar-refractivity contribution in [2.45, 2.75) is 112 Å². The van der Waals surface area contributed by atoms with E-state index in [2.05, 4.69) is 34.8 Å². The summed E-state index contributed by atoms with van der Waals surface area (Å²) in [5, 5.41) is 15.8. The quantitative estimate of drug-likeness (QED) is 0.105. The highest BCUT2D eigenvalue weighted by molar-refractivity contribution is 7.90. The molecule has 3 unspecified atom stereocenters. The predicted molar refractivity (Wildman–Crippen MR) is 250 cm³/mol. The molecular weight excluding hydrogens is 923 g/mol. The third-order valence-electron chi connectivity index (χ3n) is 15.2. The van der Waals surface area contributed by atoms with Crippen LogP contribution in [0.3, 0.4) is 0 Å². The van der Waals surface area contributed by atoms with Gasteiger partial charge in [-0.25, -0.2) is 14.2 Å². The maximum atomic E-state index is 15.6. The Bertz CT molecular complexity index is 2880. The van der Waals surface area contributed by atoms with Crippen LogP contribution in [0.15, 0.2) is 50.6 Å². The highest BCUT2D eigenvalue weighted by Crippen LogP contribution is 2.44. The van der Waals surface area contributed by atoms with Gasteiger partial charge in [0, 0.05) is 95.5 Å². The summed E-state index contributed by atoms with van der Waals surface area (Å²) in [7, 11) is -2.44. The summed E-state index contributed by atoms with van der Waals surface area (Å²) >= 11 is 0. The van der Waals surface area contributed by atoms with Gasteiger partial charge in [0.2, 0.25) is 17.8 Å². The van der Waals surface area contributed by atoms with E-state index < -0.39 is 50.8 Å². The number of hydrogen-bond donors (Lipinski definition) is 3. The molecule has 3 N–H and O–H groups in total. The largest absolute Gasteiger partial charge is 0.421 e. The second-order valence-corrected chi connectivity index (χ2v) is 21.9. The molecule has 1 saturated carbocycles. The first-order valence-electron chi connectivity index (χ1n) is 23.8. The van der Waals surface area contributed by atoms with Crippen molar-refractivity contribution in [3.63, 3.8) is 0 Å². The second-order valence-electron chi connectivity index (χ2n) is 20.2. The lowest BCUT2D eigenvalue weighted by Crippen LogP contribution is -2.72. The Balaban J connectivity index is 0.705. The fraction of sp³-hybridized carbons (Fsp3) is 0.574. The van der Waals surface area contributed by atoms with Crippen LogP contribution in [0.4, 0.5) is 40.7 Å². The van der Waals surface area contributed by atoms with Crippen molar-refractivity contribution in [2.75, 3.05) is 60.9 Å². The van der Waals surface area contributed by atoms with Crippen LogP contribution in [0.1, 0.15) is 81.9 Å². The third-order valence-corrected chi connectivity index (χ3v) is 16.5. The number of aryl methyl sites for hydroxylation is 2. The molecule has 2 aromatic heterocycles. The van der Waals surface area contributed by atoms with Crippen molar-refractivity contribution in [1.82, 2.24) is 34.2 Å². The summed E-state index contributed by atoms with van der Waals surface area (Å²) in [5.41, 5.74) is -0.409. The van der Waals surface area contributed by atoms with E-state index in [0.717, 1.165) is 57.9 Å². The molecule has 7 aliphatic rings. The monoisotopic (exact) mass is 979 g/mol. The number of sulfonamides is 1. The first kappa shape index (κ1) is 47.2. The molecule has 2 bridgehead atoms. The number of piperazine rings is 1. The van der Waals surface area contributed by atoms with Gasteiger partial charge in [-0.05, 0) is 113 Å². The molecule has 4 aromatic rings. The Labute approximate surface area is 396 Å². The third kappa shape index (κ3) is 9.12. The lowest BCUT2D eigenvalue weighted by molar-refractivity contribution is -0.138. The van der Waals surface area contributed by atoms with Crippen LogP contribution in [0, 0.1) is 24.6 Å². The Kier molecular flexibility index (Phi) is 12.2. The number of carbonyl (C=O) groups is 2. The van der Waals surface area contributed by atoms with Gasteiger partial charge in [-0.1, -0.05) is 0 Å². The summed E-state index contributed by atoms with van der Waals surface area (Å²) in [6, 6.07) is 7.64. The number of rotatable bonds is 11. The van der Waals surface area contributed by atoms with E-state index in [0.29, 0.717) is 84.5 Å². The van der Waals surface area contributed by atoms with Crippen molar-refractivity contribution >= 4 is 62.2 Å². The molecule has 0 spiro atoms. The van der Waals surface area contributed by atoms with Crippen LogP contribution in [-0.4, -0.2) is 130 Å². The number of nitrogens with zero attached hydrogens (tertiary/aromatic N) is 9. The first-order valence-corrected chi connectivity index (χ1v) is 25.2. The number of fused-ring (bicyclic) bond motifs is 3. The Morgan fingerprint density at radius 2 is 1.74 bits per heavy atom. The van der Waals surface area contributed by atoms with Crippen molar-refractivity contribution in [3.8, 4) is 0 Å². The average Bonchev–Trinajstić information content (AvgIpc) is 3.52. The van der Waals surface area contributed by atoms with Gasteiger partial charge in [-0.15, -0.1) is 0 Å². The molecule has 370 valence electrons. The molecule has 11 rings (SSSR count). The van der Waals surface area contributed by atoms with E-state index in [1.165, 1.54) is 50.6 Å². The van der Waals surface area contributed by atoms with Gasteiger partial charge in [-0.3, -0.25) is 33.8 Å². The second kappa shape index (κ2) is 17.7. The number of imidazole rings is 1. The highest BCUT2D eigenvalue weighted by Gasteiger charge is 2.51. The van der Waals surface area contributed by atoms with E-state index in [1.807, 2.05) is 4.90 Å². The molecular formula is C47H57F4N11O6S. The number of aliphatic hydroxyl groups is 1. The minimum absolute atomic E-state index is 0.0107. The van der Waals surface area contributed by atoms with Gasteiger partial charge in [0.05, 0.1) is 27.2 Å². The number of halogens is 4. The van der Waals surface area contributed by atoms with Gasteiger partial charge in [0.25, 0.3) is 10.0 Å². The lowest BCUT2D eigenvalue weighted by Gasteiger charge is -2.62. The van der Waals surface area contributed by atoms with E-state index in [4.69, 9.17) is 0 Å². The first-order chi connectivity index (χ1) is 32.7. The fourth-order valence-electron chi connectivity index (χ4n) is 11.7. The summed E-state index contributed by atoms with van der Waals surface area (Å²) < 4.78 is 91.1. The molecule has 2 aromatic carbocycles. The maximum absolute atomic E-state index is 15.6. The molecule has 7 fully saturated rings. The molecule has 0 radical (unpaired) electrons. The van der Waals surface area contributed by atoms with E-state index in [-0.39, 0.29) is 47.9 Å². The fourth-order valence-corrected chi connectivity index (χ4v) is 12.7. The predicted octanol–water partition coefficient (Wildman–Crippen LogP) is 4.88. The number of piperidine rings is 4.